The van der Waals surface area contributed by atoms with E-state index in [1.807, 2.05) is 32.5 Å². The lowest BCUT2D eigenvalue weighted by molar-refractivity contribution is -0.125. The molecule has 0 saturated carbocycles. The van der Waals surface area contributed by atoms with Crippen LogP contribution in [0.2, 0.25) is 0 Å². The molecule has 0 aliphatic rings. The smallest absolute Gasteiger partial charge is 0.237 e. The first-order valence-corrected chi connectivity index (χ1v) is 9.41. The molecule has 0 aliphatic carbocycles. The lowest BCUT2D eigenvalue weighted by Gasteiger charge is -2.23. The Balaban J connectivity index is 3.58. The van der Waals surface area contributed by atoms with E-state index in [1.165, 1.54) is 57.8 Å². The molecule has 0 heterocycles. The summed E-state index contributed by atoms with van der Waals surface area (Å²) in [5.41, 5.74) is 0. The van der Waals surface area contributed by atoms with Gasteiger partial charge in [-0.15, -0.1) is 0 Å². The van der Waals surface area contributed by atoms with Crippen molar-refractivity contribution in [2.45, 2.75) is 96.9 Å². The van der Waals surface area contributed by atoms with Crippen molar-refractivity contribution >= 4 is 5.91 Å². The Morgan fingerprint density at radius 3 is 1.86 bits per heavy atom. The molecule has 1 unspecified atom stereocenters. The highest BCUT2D eigenvalue weighted by atomic mass is 16.2. The predicted molar refractivity (Wildman–Crippen MR) is 96.7 cm³/mol. The monoisotopic (exact) mass is 311 g/mol. The van der Waals surface area contributed by atoms with E-state index >= 15 is 0 Å². The van der Waals surface area contributed by atoms with Gasteiger partial charge in [-0.2, -0.15) is 0 Å². The summed E-state index contributed by atoms with van der Waals surface area (Å²) in [7, 11) is 3.99. The van der Waals surface area contributed by atoms with E-state index in [1.54, 1.807) is 0 Å². The van der Waals surface area contributed by atoms with E-state index in [0.29, 0.717) is 0 Å². The molecule has 0 saturated heterocycles. The second-order valence-electron chi connectivity index (χ2n) is 6.57. The molecule has 0 aromatic rings. The van der Waals surface area contributed by atoms with Crippen LogP contribution in [0.4, 0.5) is 0 Å². The number of carbonyl (C=O) groups is 1. The fourth-order valence-corrected chi connectivity index (χ4v) is 2.75. The van der Waals surface area contributed by atoms with Gasteiger partial charge in [0.2, 0.25) is 5.91 Å². The van der Waals surface area contributed by atoms with Gasteiger partial charge in [0, 0.05) is 6.54 Å². The number of nitrogens with zero attached hydrogens (tertiary/aromatic N) is 1. The van der Waals surface area contributed by atoms with Gasteiger partial charge < -0.3 is 5.32 Å². The Labute approximate surface area is 139 Å². The summed E-state index contributed by atoms with van der Waals surface area (Å²) in [6.45, 7) is 6.14. The van der Waals surface area contributed by atoms with Gasteiger partial charge in [0.05, 0.1) is 6.04 Å². The van der Waals surface area contributed by atoms with Crippen molar-refractivity contribution in [1.82, 2.24) is 10.2 Å². The fourth-order valence-electron chi connectivity index (χ4n) is 2.75. The Morgan fingerprint density at radius 2 is 1.41 bits per heavy atom. The third-order valence-corrected chi connectivity index (χ3v) is 4.21. The molecule has 0 bridgehead atoms. The highest BCUT2D eigenvalue weighted by Crippen LogP contribution is 2.13. The predicted octanol–water partition coefficient (Wildman–Crippen LogP) is 4.92. The van der Waals surface area contributed by atoms with Gasteiger partial charge in [0.25, 0.3) is 0 Å². The molecule has 22 heavy (non-hydrogen) atoms. The number of likely N-dealkylation sites (N-methyl/N-ethyl adjacent to an activating group) is 1. The van der Waals surface area contributed by atoms with Crippen LogP contribution in [0.3, 0.4) is 0 Å². The van der Waals surface area contributed by atoms with Crippen LogP contribution in [0.1, 0.15) is 90.9 Å². The van der Waals surface area contributed by atoms with E-state index in [-0.39, 0.29) is 11.9 Å². The zero-order valence-electron chi connectivity index (χ0n) is 15.5. The lowest BCUT2D eigenvalue weighted by atomic mass is 10.0. The highest BCUT2D eigenvalue weighted by molar-refractivity contribution is 5.82. The van der Waals surface area contributed by atoms with Crippen molar-refractivity contribution in [2.24, 2.45) is 0 Å². The Kier molecular flexibility index (Phi) is 14.9. The fraction of sp³-hybridized carbons (Fsp3) is 0.895. The summed E-state index contributed by atoms with van der Waals surface area (Å²) in [5.74, 6) is 0.141. The minimum atomic E-state index is 0.0110. The van der Waals surface area contributed by atoms with Crippen LogP contribution in [0.5, 0.6) is 0 Å². The van der Waals surface area contributed by atoms with Crippen LogP contribution in [-0.4, -0.2) is 30.9 Å². The van der Waals surface area contributed by atoms with Crippen molar-refractivity contribution in [1.29, 1.82) is 0 Å². The van der Waals surface area contributed by atoms with Crippen molar-refractivity contribution in [3.05, 3.63) is 6.54 Å². The maximum atomic E-state index is 12.1. The molecule has 1 radical (unpaired) electrons. The Bertz CT molecular complexity index is 254. The van der Waals surface area contributed by atoms with Gasteiger partial charge >= 0.3 is 0 Å². The third-order valence-electron chi connectivity index (χ3n) is 4.21. The molecule has 3 heteroatoms. The number of carbonyl (C=O) groups excluding carboxylic acids is 1. The van der Waals surface area contributed by atoms with Gasteiger partial charge in [-0.1, -0.05) is 78.1 Å². The van der Waals surface area contributed by atoms with Crippen LogP contribution in [0.15, 0.2) is 0 Å². The molecule has 0 aromatic carbocycles. The zero-order valence-corrected chi connectivity index (χ0v) is 15.5. The van der Waals surface area contributed by atoms with Crippen molar-refractivity contribution < 1.29 is 4.79 Å². The first-order valence-electron chi connectivity index (χ1n) is 9.41. The van der Waals surface area contributed by atoms with E-state index < -0.39 is 0 Å². The topological polar surface area (TPSA) is 32.3 Å². The molecular weight excluding hydrogens is 272 g/mol. The number of hydrogen-bond donors (Lipinski definition) is 1. The zero-order chi connectivity index (χ0) is 16.6. The van der Waals surface area contributed by atoms with Gasteiger partial charge in [-0.05, 0) is 26.9 Å². The number of hydrogen-bond acceptors (Lipinski definition) is 2. The molecule has 0 rings (SSSR count). The van der Waals surface area contributed by atoms with Crippen LogP contribution in [0.25, 0.3) is 0 Å². The molecule has 0 aromatic heterocycles. The molecule has 1 amide bonds. The van der Waals surface area contributed by atoms with Gasteiger partial charge in [-0.25, -0.2) is 0 Å². The van der Waals surface area contributed by atoms with Gasteiger partial charge in [0.15, 0.2) is 0 Å². The summed E-state index contributed by atoms with van der Waals surface area (Å²) < 4.78 is 0. The quantitative estimate of drug-likeness (QED) is 0.436. The summed E-state index contributed by atoms with van der Waals surface area (Å²) in [5, 5.41) is 2.89. The first kappa shape index (κ1) is 21.4. The van der Waals surface area contributed by atoms with Crippen LogP contribution in [0, 0.1) is 6.54 Å². The van der Waals surface area contributed by atoms with E-state index in [4.69, 9.17) is 0 Å². The standard InChI is InChI=1S/C19H39N2O/c1-5-7-8-9-10-11-12-13-14-15-16-18(21(3)4)19(22)20-17-6-2/h17-18H,5-16H2,1-4H3,(H,20,22). The van der Waals surface area contributed by atoms with Crippen molar-refractivity contribution in [2.75, 3.05) is 14.1 Å². The largest absolute Gasteiger partial charge is 0.350 e. The van der Waals surface area contributed by atoms with Crippen molar-refractivity contribution in [3.63, 3.8) is 0 Å². The second-order valence-corrected chi connectivity index (χ2v) is 6.57. The average Bonchev–Trinajstić information content (AvgIpc) is 2.50. The normalized spacial score (nSPS) is 12.6. The van der Waals surface area contributed by atoms with Gasteiger partial charge in [-0.3, -0.25) is 9.69 Å². The third kappa shape index (κ3) is 12.0. The molecule has 131 valence electrons. The van der Waals surface area contributed by atoms with E-state index in [9.17, 15) is 4.79 Å². The SMILES string of the molecule is CC[CH]NC(=O)C(CCCCCCCCCCCC)N(C)C. The van der Waals surface area contributed by atoms with Crippen molar-refractivity contribution in [3.8, 4) is 0 Å². The Hall–Kier alpha value is -0.570. The molecule has 0 spiro atoms. The van der Waals surface area contributed by atoms with E-state index in [0.717, 1.165) is 19.3 Å². The minimum absolute atomic E-state index is 0.0110. The van der Waals surface area contributed by atoms with Crippen LogP contribution < -0.4 is 5.32 Å². The number of rotatable bonds is 15. The molecule has 1 atom stereocenters. The molecular formula is C19H39N2O. The molecule has 1 N–H and O–H groups in total. The first-order chi connectivity index (χ1) is 10.6. The Morgan fingerprint density at radius 1 is 0.909 bits per heavy atom. The summed E-state index contributed by atoms with van der Waals surface area (Å²) in [6, 6.07) is 0.0110. The van der Waals surface area contributed by atoms with Crippen LogP contribution in [-0.2, 0) is 4.79 Å². The number of nitrogens with one attached hydrogen (secondary N) is 1. The molecule has 0 aliphatic heterocycles. The number of amides is 1. The number of unbranched alkanes of at least 4 members (excludes halogenated alkanes) is 9. The van der Waals surface area contributed by atoms with Crippen LogP contribution >= 0.6 is 0 Å². The maximum Gasteiger partial charge on any atom is 0.237 e. The minimum Gasteiger partial charge on any atom is -0.350 e. The second kappa shape index (κ2) is 15.3. The summed E-state index contributed by atoms with van der Waals surface area (Å²) in [6.07, 6.45) is 15.2. The lowest BCUT2D eigenvalue weighted by Crippen LogP contribution is -2.42. The van der Waals surface area contributed by atoms with Gasteiger partial charge in [0.1, 0.15) is 0 Å². The average molecular weight is 312 g/mol. The summed E-state index contributed by atoms with van der Waals surface area (Å²) in [4.78, 5) is 14.1. The maximum absolute atomic E-state index is 12.1. The molecule has 3 nitrogen and oxygen atoms in total. The van der Waals surface area contributed by atoms with E-state index in [2.05, 4.69) is 12.2 Å². The molecule has 0 fully saturated rings. The summed E-state index contributed by atoms with van der Waals surface area (Å²) >= 11 is 0. The highest BCUT2D eigenvalue weighted by Gasteiger charge is 2.19.